The Labute approximate surface area is 256 Å². The number of rotatable bonds is 12. The second-order valence-corrected chi connectivity index (χ2v) is 11.1. The van der Waals surface area contributed by atoms with Gasteiger partial charge in [-0.3, -0.25) is 4.79 Å². The molecular formula is C34H46N6O3. The topological polar surface area (TPSA) is 105 Å². The maximum absolute atomic E-state index is 12.0. The van der Waals surface area contributed by atoms with Crippen molar-refractivity contribution in [2.24, 2.45) is 11.7 Å². The number of benzene rings is 1. The van der Waals surface area contributed by atoms with Crippen molar-refractivity contribution in [1.29, 1.82) is 0 Å². The molecule has 1 aromatic carbocycles. The zero-order chi connectivity index (χ0) is 30.8. The van der Waals surface area contributed by atoms with Crippen molar-refractivity contribution in [2.75, 3.05) is 55.0 Å². The molecule has 1 aromatic heterocycles. The number of carbonyl (C=O) groups excluding carboxylic acids is 1. The molecule has 1 amide bonds. The van der Waals surface area contributed by atoms with E-state index in [1.807, 2.05) is 26.0 Å². The highest BCUT2D eigenvalue weighted by molar-refractivity contribution is 5.88. The fourth-order valence-electron chi connectivity index (χ4n) is 5.43. The van der Waals surface area contributed by atoms with E-state index in [1.54, 1.807) is 19.3 Å². The first-order valence-corrected chi connectivity index (χ1v) is 15.1. The predicted molar refractivity (Wildman–Crippen MR) is 176 cm³/mol. The summed E-state index contributed by atoms with van der Waals surface area (Å²) in [5.41, 5.74) is 10.2. The molecule has 9 heteroatoms. The van der Waals surface area contributed by atoms with Crippen molar-refractivity contribution in [1.82, 2.24) is 10.3 Å². The van der Waals surface area contributed by atoms with Crippen LogP contribution in [0, 0.1) is 5.92 Å². The standard InChI is InChI=1S/C34H46N6O3/c1-6-24(3)29(37-33(41)7-2)21-25(4)43-34-30(40-17-9-8-10-18-40)13-14-32(38-34)36-28-12-11-27(22-31(28)42-5)39-19-15-26(23-35)16-20-39/h6-7,11-14,21-22,26H,1-2,8-10,15-20,23,35H2,3-5H3,(H,36,38)(H,37,41)/b25-21+,29-24+. The van der Waals surface area contributed by atoms with Gasteiger partial charge in [0.15, 0.2) is 0 Å². The van der Waals surface area contributed by atoms with E-state index >= 15 is 0 Å². The number of nitrogens with zero attached hydrogens (tertiary/aromatic N) is 3. The molecular weight excluding hydrogens is 540 g/mol. The van der Waals surface area contributed by atoms with E-state index in [9.17, 15) is 4.79 Å². The van der Waals surface area contributed by atoms with Crippen LogP contribution in [0.3, 0.4) is 0 Å². The van der Waals surface area contributed by atoms with E-state index in [1.165, 1.54) is 12.5 Å². The Hall–Kier alpha value is -4.24. The van der Waals surface area contributed by atoms with Crippen molar-refractivity contribution >= 4 is 28.8 Å². The van der Waals surface area contributed by atoms with Crippen LogP contribution < -0.4 is 35.6 Å². The monoisotopic (exact) mass is 586 g/mol. The number of aromatic nitrogens is 1. The maximum atomic E-state index is 12.0. The van der Waals surface area contributed by atoms with Crippen LogP contribution in [0.25, 0.3) is 0 Å². The zero-order valence-corrected chi connectivity index (χ0v) is 25.8. The van der Waals surface area contributed by atoms with Gasteiger partial charge in [0.1, 0.15) is 23.0 Å². The van der Waals surface area contributed by atoms with Crippen LogP contribution in [-0.4, -0.2) is 50.7 Å². The lowest BCUT2D eigenvalue weighted by Gasteiger charge is -2.33. The summed E-state index contributed by atoms with van der Waals surface area (Å²) in [7, 11) is 1.68. The van der Waals surface area contributed by atoms with Gasteiger partial charge in [-0.05, 0) is 94.3 Å². The number of amides is 1. The highest BCUT2D eigenvalue weighted by Crippen LogP contribution is 2.36. The molecule has 0 bridgehead atoms. The Morgan fingerprint density at radius 1 is 1.05 bits per heavy atom. The molecule has 2 aromatic rings. The average Bonchev–Trinajstić information content (AvgIpc) is 3.04. The lowest BCUT2D eigenvalue weighted by Crippen LogP contribution is -2.36. The summed E-state index contributed by atoms with van der Waals surface area (Å²) >= 11 is 0. The number of nitrogens with one attached hydrogen (secondary N) is 2. The summed E-state index contributed by atoms with van der Waals surface area (Å²) in [6.07, 6.45) is 10.4. The van der Waals surface area contributed by atoms with Gasteiger partial charge in [0, 0.05) is 49.7 Å². The molecule has 230 valence electrons. The van der Waals surface area contributed by atoms with Gasteiger partial charge < -0.3 is 35.6 Å². The summed E-state index contributed by atoms with van der Waals surface area (Å²) in [5.74, 6) is 2.74. The third-order valence-electron chi connectivity index (χ3n) is 8.08. The average molecular weight is 587 g/mol. The Morgan fingerprint density at radius 2 is 1.79 bits per heavy atom. The van der Waals surface area contributed by atoms with E-state index in [0.717, 1.165) is 86.8 Å². The quantitative estimate of drug-likeness (QED) is 0.157. The number of hydrogen-bond acceptors (Lipinski definition) is 8. The van der Waals surface area contributed by atoms with Crippen LogP contribution in [0.1, 0.15) is 46.0 Å². The van der Waals surface area contributed by atoms with Crippen molar-refractivity contribution in [3.05, 3.63) is 78.7 Å². The zero-order valence-electron chi connectivity index (χ0n) is 25.8. The van der Waals surface area contributed by atoms with E-state index in [0.29, 0.717) is 29.1 Å². The van der Waals surface area contributed by atoms with Crippen molar-refractivity contribution < 1.29 is 14.3 Å². The van der Waals surface area contributed by atoms with Crippen LogP contribution in [0.4, 0.5) is 22.9 Å². The lowest BCUT2D eigenvalue weighted by molar-refractivity contribution is -0.115. The Morgan fingerprint density at radius 3 is 2.44 bits per heavy atom. The Bertz CT molecular complexity index is 1350. The highest BCUT2D eigenvalue weighted by atomic mass is 16.5. The lowest BCUT2D eigenvalue weighted by atomic mass is 9.97. The van der Waals surface area contributed by atoms with Gasteiger partial charge in [-0.2, -0.15) is 4.98 Å². The van der Waals surface area contributed by atoms with Crippen molar-refractivity contribution in [2.45, 2.75) is 46.0 Å². The molecule has 2 fully saturated rings. The second-order valence-electron chi connectivity index (χ2n) is 11.1. The van der Waals surface area contributed by atoms with Crippen LogP contribution in [-0.2, 0) is 4.79 Å². The number of carbonyl (C=O) groups is 1. The van der Waals surface area contributed by atoms with Crippen molar-refractivity contribution in [3.8, 4) is 11.6 Å². The molecule has 0 atom stereocenters. The maximum Gasteiger partial charge on any atom is 0.247 e. The molecule has 2 saturated heterocycles. The van der Waals surface area contributed by atoms with Crippen molar-refractivity contribution in [3.63, 3.8) is 0 Å². The molecule has 9 nitrogen and oxygen atoms in total. The summed E-state index contributed by atoms with van der Waals surface area (Å²) in [6, 6.07) is 10.2. The Balaban J connectivity index is 1.60. The summed E-state index contributed by atoms with van der Waals surface area (Å²) in [5, 5.41) is 6.27. The molecule has 2 aliphatic heterocycles. The smallest absolute Gasteiger partial charge is 0.247 e. The van der Waals surface area contributed by atoms with Crippen LogP contribution in [0.2, 0.25) is 0 Å². The van der Waals surface area contributed by atoms with Gasteiger partial charge >= 0.3 is 0 Å². The fourth-order valence-corrected chi connectivity index (χ4v) is 5.43. The first-order valence-electron chi connectivity index (χ1n) is 15.1. The number of pyridine rings is 1. The normalized spacial score (nSPS) is 16.7. The molecule has 43 heavy (non-hydrogen) atoms. The first kappa shape index (κ1) is 31.7. The summed E-state index contributed by atoms with van der Waals surface area (Å²) < 4.78 is 12.1. The van der Waals surface area contributed by atoms with Gasteiger partial charge in [0.25, 0.3) is 0 Å². The minimum atomic E-state index is -0.307. The van der Waals surface area contributed by atoms with Gasteiger partial charge in [-0.15, -0.1) is 0 Å². The van der Waals surface area contributed by atoms with E-state index in [2.05, 4.69) is 51.8 Å². The fraction of sp³-hybridized carbons (Fsp3) is 0.412. The number of anilines is 4. The minimum absolute atomic E-state index is 0.307. The molecule has 0 spiro atoms. The Kier molecular flexibility index (Phi) is 11.3. The SMILES string of the molecule is C=CC(=O)NC(/C=C(\C)Oc1nc(Nc2ccc(N3CCC(CN)CC3)cc2OC)ccc1N1CCCCC1)=C(\C)C=C. The number of allylic oxidation sites excluding steroid dienone is 4. The third-order valence-corrected chi connectivity index (χ3v) is 8.08. The van der Waals surface area contributed by atoms with E-state index in [4.69, 9.17) is 20.2 Å². The minimum Gasteiger partial charge on any atom is -0.494 e. The molecule has 0 unspecified atom stereocenters. The first-order chi connectivity index (χ1) is 20.8. The van der Waals surface area contributed by atoms with Gasteiger partial charge in [-0.1, -0.05) is 19.2 Å². The number of piperidine rings is 2. The van der Waals surface area contributed by atoms with Gasteiger partial charge in [0.05, 0.1) is 12.8 Å². The van der Waals surface area contributed by atoms with Crippen LogP contribution in [0.15, 0.2) is 78.7 Å². The molecule has 3 heterocycles. The molecule has 0 radical (unpaired) electrons. The summed E-state index contributed by atoms with van der Waals surface area (Å²) in [6.45, 7) is 15.7. The third kappa shape index (κ3) is 8.41. The van der Waals surface area contributed by atoms with Gasteiger partial charge in [0.2, 0.25) is 11.8 Å². The number of methoxy groups -OCH3 is 1. The number of ether oxygens (including phenoxy) is 2. The molecule has 4 N–H and O–H groups in total. The largest absolute Gasteiger partial charge is 0.494 e. The molecule has 0 saturated carbocycles. The van der Waals surface area contributed by atoms with Crippen LogP contribution >= 0.6 is 0 Å². The van der Waals surface area contributed by atoms with Gasteiger partial charge in [-0.25, -0.2) is 0 Å². The molecule has 2 aliphatic rings. The second kappa shape index (κ2) is 15.3. The van der Waals surface area contributed by atoms with Crippen LogP contribution in [0.5, 0.6) is 11.6 Å². The highest BCUT2D eigenvalue weighted by Gasteiger charge is 2.21. The summed E-state index contributed by atoms with van der Waals surface area (Å²) in [4.78, 5) is 21.6. The number of hydrogen-bond donors (Lipinski definition) is 3. The molecule has 4 rings (SSSR count). The number of nitrogens with two attached hydrogens (primary N) is 1. The van der Waals surface area contributed by atoms with E-state index in [-0.39, 0.29) is 5.91 Å². The molecule has 0 aliphatic carbocycles. The predicted octanol–water partition coefficient (Wildman–Crippen LogP) is 6.04. The van der Waals surface area contributed by atoms with E-state index < -0.39 is 0 Å².